The molecule has 1 aromatic rings. The van der Waals surface area contributed by atoms with Crippen LogP contribution in [0.5, 0.6) is 11.5 Å². The number of hydrogen-bond donors (Lipinski definition) is 1. The van der Waals surface area contributed by atoms with Gasteiger partial charge in [-0.15, -0.1) is 11.3 Å². The van der Waals surface area contributed by atoms with Crippen molar-refractivity contribution in [1.82, 2.24) is 4.90 Å². The number of rotatable bonds is 2. The fourth-order valence-corrected chi connectivity index (χ4v) is 3.03. The van der Waals surface area contributed by atoms with Gasteiger partial charge in [-0.25, -0.2) is 4.79 Å². The molecule has 3 heterocycles. The maximum Gasteiger partial charge on any atom is 0.334 e. The Balaban J connectivity index is 1.78. The van der Waals surface area contributed by atoms with E-state index in [9.17, 15) is 9.59 Å². The number of carbonyl (C=O) groups is 2. The first-order valence-electron chi connectivity index (χ1n) is 6.17. The molecule has 20 heavy (non-hydrogen) atoms. The molecule has 1 fully saturated rings. The first-order valence-corrected chi connectivity index (χ1v) is 7.05. The van der Waals surface area contributed by atoms with E-state index < -0.39 is 12.1 Å². The van der Waals surface area contributed by atoms with Gasteiger partial charge in [-0.2, -0.15) is 0 Å². The van der Waals surface area contributed by atoms with Gasteiger partial charge in [0.05, 0.1) is 13.2 Å². The summed E-state index contributed by atoms with van der Waals surface area (Å²) < 4.78 is 16.0. The van der Waals surface area contributed by atoms with E-state index in [1.54, 1.807) is 5.38 Å². The van der Waals surface area contributed by atoms with E-state index in [-0.39, 0.29) is 19.1 Å². The molecule has 1 aromatic heterocycles. The number of fused-ring (bicyclic) bond motifs is 1. The largest absolute Gasteiger partial charge is 0.485 e. The Hall–Kier alpha value is -1.80. The minimum absolute atomic E-state index is 0.0434. The predicted octanol–water partition coefficient (Wildman–Crippen LogP) is 0.445. The van der Waals surface area contributed by atoms with Crippen LogP contribution in [0.25, 0.3) is 0 Å². The highest BCUT2D eigenvalue weighted by atomic mass is 32.1. The Bertz CT molecular complexity index is 542. The molecule has 1 saturated heterocycles. The minimum Gasteiger partial charge on any atom is -0.485 e. The van der Waals surface area contributed by atoms with Crippen LogP contribution in [-0.2, 0) is 9.53 Å². The van der Waals surface area contributed by atoms with Crippen molar-refractivity contribution in [2.75, 3.05) is 32.9 Å². The second kappa shape index (κ2) is 5.29. The zero-order valence-electron chi connectivity index (χ0n) is 10.5. The summed E-state index contributed by atoms with van der Waals surface area (Å²) in [6, 6.07) is 0. The molecule has 1 atom stereocenters. The van der Waals surface area contributed by atoms with E-state index >= 15 is 0 Å². The summed E-state index contributed by atoms with van der Waals surface area (Å²) in [5, 5.41) is 10.7. The average Bonchev–Trinajstić information content (AvgIpc) is 2.90. The van der Waals surface area contributed by atoms with Crippen molar-refractivity contribution in [2.45, 2.75) is 6.10 Å². The Morgan fingerprint density at radius 2 is 2.10 bits per heavy atom. The fraction of sp³-hybridized carbons (Fsp3) is 0.500. The number of morpholine rings is 1. The summed E-state index contributed by atoms with van der Waals surface area (Å²) in [6.07, 6.45) is -0.972. The number of carboxylic acid groups (broad SMARTS) is 1. The van der Waals surface area contributed by atoms with Crippen LogP contribution in [-0.4, -0.2) is 60.9 Å². The maximum atomic E-state index is 12.5. The van der Waals surface area contributed by atoms with Crippen molar-refractivity contribution in [3.63, 3.8) is 0 Å². The molecular weight excluding hydrogens is 286 g/mol. The summed E-state index contributed by atoms with van der Waals surface area (Å²) in [5.41, 5.74) is 0. The van der Waals surface area contributed by atoms with Crippen LogP contribution in [0, 0.1) is 0 Å². The third-order valence-electron chi connectivity index (χ3n) is 3.12. The highest BCUT2D eigenvalue weighted by Crippen LogP contribution is 2.40. The molecule has 0 saturated carbocycles. The van der Waals surface area contributed by atoms with Crippen LogP contribution < -0.4 is 9.47 Å². The van der Waals surface area contributed by atoms with Crippen molar-refractivity contribution >= 4 is 23.2 Å². The number of carboxylic acids is 1. The van der Waals surface area contributed by atoms with Gasteiger partial charge in [-0.05, 0) is 0 Å². The van der Waals surface area contributed by atoms with Gasteiger partial charge in [0.15, 0.2) is 17.6 Å². The van der Waals surface area contributed by atoms with Crippen LogP contribution >= 0.6 is 11.3 Å². The van der Waals surface area contributed by atoms with E-state index in [2.05, 4.69) is 0 Å². The molecule has 0 spiro atoms. The molecule has 3 rings (SSSR count). The lowest BCUT2D eigenvalue weighted by atomic mass is 10.2. The molecule has 1 amide bonds. The zero-order chi connectivity index (χ0) is 14.1. The Labute approximate surface area is 118 Å². The molecule has 2 aliphatic heterocycles. The van der Waals surface area contributed by atoms with Gasteiger partial charge in [0.2, 0.25) is 0 Å². The second-order valence-corrected chi connectivity index (χ2v) is 5.28. The molecule has 1 N–H and O–H groups in total. The smallest absolute Gasteiger partial charge is 0.334 e. The summed E-state index contributed by atoms with van der Waals surface area (Å²) in [4.78, 5) is 25.3. The predicted molar refractivity (Wildman–Crippen MR) is 68.6 cm³/mol. The van der Waals surface area contributed by atoms with Gasteiger partial charge >= 0.3 is 5.97 Å². The Morgan fingerprint density at radius 3 is 2.90 bits per heavy atom. The SMILES string of the molecule is O=C(O)C1CN(C(=O)c2scc3c2OCCO3)CCO1. The van der Waals surface area contributed by atoms with Gasteiger partial charge in [0.1, 0.15) is 18.1 Å². The molecule has 0 bridgehead atoms. The summed E-state index contributed by atoms with van der Waals surface area (Å²) in [7, 11) is 0. The zero-order valence-corrected chi connectivity index (χ0v) is 11.4. The molecular formula is C12H13NO6S. The topological polar surface area (TPSA) is 85.3 Å². The molecule has 7 nitrogen and oxygen atoms in total. The molecule has 108 valence electrons. The summed E-state index contributed by atoms with van der Waals surface area (Å²) in [6.45, 7) is 1.51. The highest BCUT2D eigenvalue weighted by Gasteiger charge is 2.32. The molecule has 2 aliphatic rings. The summed E-state index contributed by atoms with van der Waals surface area (Å²) in [5.74, 6) is -0.260. The molecule has 0 aliphatic carbocycles. The van der Waals surface area contributed by atoms with Crippen molar-refractivity contribution < 1.29 is 28.9 Å². The lowest BCUT2D eigenvalue weighted by molar-refractivity contribution is -0.154. The van der Waals surface area contributed by atoms with Crippen LogP contribution in [0.2, 0.25) is 0 Å². The number of carbonyl (C=O) groups excluding carboxylic acids is 1. The molecule has 1 unspecified atom stereocenters. The van der Waals surface area contributed by atoms with Gasteiger partial charge in [0, 0.05) is 11.9 Å². The van der Waals surface area contributed by atoms with Crippen LogP contribution in [0.15, 0.2) is 5.38 Å². The van der Waals surface area contributed by atoms with Gasteiger partial charge in [-0.1, -0.05) is 0 Å². The lowest BCUT2D eigenvalue weighted by Crippen LogP contribution is -2.48. The quantitative estimate of drug-likeness (QED) is 0.853. The second-order valence-electron chi connectivity index (χ2n) is 4.40. The Morgan fingerprint density at radius 1 is 1.30 bits per heavy atom. The summed E-state index contributed by atoms with van der Waals surface area (Å²) >= 11 is 1.25. The van der Waals surface area contributed by atoms with Gasteiger partial charge in [-0.3, -0.25) is 4.79 Å². The van der Waals surface area contributed by atoms with Crippen molar-refractivity contribution in [3.05, 3.63) is 10.3 Å². The average molecular weight is 299 g/mol. The molecule has 0 radical (unpaired) electrons. The third-order valence-corrected chi connectivity index (χ3v) is 4.05. The first kappa shape index (κ1) is 13.2. The van der Waals surface area contributed by atoms with Crippen LogP contribution in [0.4, 0.5) is 0 Å². The van der Waals surface area contributed by atoms with Gasteiger partial charge in [0.25, 0.3) is 5.91 Å². The van der Waals surface area contributed by atoms with E-state index in [4.69, 9.17) is 19.3 Å². The Kier molecular flexibility index (Phi) is 3.49. The minimum atomic E-state index is -1.06. The van der Waals surface area contributed by atoms with E-state index in [1.165, 1.54) is 16.2 Å². The normalized spacial score (nSPS) is 21.6. The monoisotopic (exact) mass is 299 g/mol. The van der Waals surface area contributed by atoms with Crippen molar-refractivity contribution in [1.29, 1.82) is 0 Å². The van der Waals surface area contributed by atoms with Crippen LogP contribution in [0.1, 0.15) is 9.67 Å². The number of nitrogens with zero attached hydrogens (tertiary/aromatic N) is 1. The molecule has 0 aromatic carbocycles. The van der Waals surface area contributed by atoms with E-state index in [1.807, 2.05) is 0 Å². The number of aliphatic carboxylic acids is 1. The van der Waals surface area contributed by atoms with Crippen molar-refractivity contribution in [3.8, 4) is 11.5 Å². The number of hydrogen-bond acceptors (Lipinski definition) is 6. The third kappa shape index (κ3) is 2.32. The number of thiophene rings is 1. The fourth-order valence-electron chi connectivity index (χ4n) is 2.14. The van der Waals surface area contributed by atoms with E-state index in [0.717, 1.165) is 0 Å². The number of ether oxygens (including phenoxy) is 3. The lowest BCUT2D eigenvalue weighted by Gasteiger charge is -2.30. The first-order chi connectivity index (χ1) is 9.66. The standard InChI is InChI=1S/C12H13NO6S/c14-11(13-1-2-17-7(5-13)12(15)16)10-9-8(6-20-10)18-3-4-19-9/h6-7H,1-5H2,(H,15,16). The maximum absolute atomic E-state index is 12.5. The highest BCUT2D eigenvalue weighted by molar-refractivity contribution is 7.12. The van der Waals surface area contributed by atoms with Crippen molar-refractivity contribution in [2.24, 2.45) is 0 Å². The molecule has 8 heteroatoms. The number of amides is 1. The van der Waals surface area contributed by atoms with E-state index in [0.29, 0.717) is 36.1 Å². The van der Waals surface area contributed by atoms with Crippen LogP contribution in [0.3, 0.4) is 0 Å². The van der Waals surface area contributed by atoms with Gasteiger partial charge < -0.3 is 24.2 Å².